The molecule has 0 aliphatic heterocycles. The number of amides is 1. The quantitative estimate of drug-likeness (QED) is 0.303. The molecule has 1 amide bonds. The lowest BCUT2D eigenvalue weighted by molar-refractivity contribution is 0.1000. The van der Waals surface area contributed by atoms with Gasteiger partial charge in [0.05, 0.1) is 24.1 Å². The number of nitrogen functional groups attached to an aromatic ring is 1. The Balaban J connectivity index is 2.05. The molecule has 2 aromatic heterocycles. The van der Waals surface area contributed by atoms with Crippen molar-refractivity contribution >= 4 is 41.6 Å². The number of thiophene rings is 1. The lowest BCUT2D eigenvalue weighted by Gasteiger charge is -2.31. The van der Waals surface area contributed by atoms with Crippen molar-refractivity contribution in [2.24, 2.45) is 5.73 Å². The van der Waals surface area contributed by atoms with E-state index in [-0.39, 0.29) is 11.3 Å². The predicted octanol–water partition coefficient (Wildman–Crippen LogP) is 5.81. The summed E-state index contributed by atoms with van der Waals surface area (Å²) in [6.45, 7) is 8.59. The van der Waals surface area contributed by atoms with E-state index < -0.39 is 13.0 Å². The number of carbonyl (C=O) groups excluding carboxylic acids is 1. The fraction of sp³-hybridized carbons (Fsp3) is 0.333. The van der Waals surface area contributed by atoms with Gasteiger partial charge in [-0.05, 0) is 41.3 Å². The summed E-state index contributed by atoms with van der Waals surface area (Å²) < 4.78 is 13.7. The minimum Gasteiger partial charge on any atom is -0.397 e. The van der Waals surface area contributed by atoms with E-state index in [0.717, 1.165) is 16.1 Å². The van der Waals surface area contributed by atoms with E-state index >= 15 is 0 Å². The summed E-state index contributed by atoms with van der Waals surface area (Å²) in [7, 11) is -2.44. The number of primary amides is 1. The summed E-state index contributed by atoms with van der Waals surface area (Å²) in [5.41, 5.74) is 14.8. The van der Waals surface area contributed by atoms with Gasteiger partial charge in [-0.1, -0.05) is 39.8 Å². The molecule has 2 heterocycles. The number of aromatic nitrogens is 1. The largest absolute Gasteiger partial charge is 0.397 e. The second-order valence-electron chi connectivity index (χ2n) is 8.44. The van der Waals surface area contributed by atoms with Gasteiger partial charge in [-0.2, -0.15) is 0 Å². The summed E-state index contributed by atoms with van der Waals surface area (Å²) in [6.07, 6.45) is 2.00. The summed E-state index contributed by atoms with van der Waals surface area (Å²) in [5, 5.41) is 2.04. The van der Waals surface area contributed by atoms with Crippen LogP contribution in [-0.2, 0) is 4.57 Å². The molecule has 8 heteroatoms. The molecule has 0 spiro atoms. The van der Waals surface area contributed by atoms with Gasteiger partial charge in [-0.3, -0.25) is 4.79 Å². The SMILES string of the molecule is CC(C)P(=O)(CCN(c1ccc(C(N)=O)cn1)c1cc(-c2cccs2)ccc1N)C(C)C. The second-order valence-corrected chi connectivity index (χ2v) is 13.6. The van der Waals surface area contributed by atoms with Gasteiger partial charge in [0.15, 0.2) is 0 Å². The van der Waals surface area contributed by atoms with Crippen molar-refractivity contribution in [1.82, 2.24) is 4.98 Å². The zero-order valence-corrected chi connectivity index (χ0v) is 20.7. The number of benzene rings is 1. The van der Waals surface area contributed by atoms with Gasteiger partial charge in [-0.15, -0.1) is 11.3 Å². The molecule has 0 aliphatic rings. The maximum absolute atomic E-state index is 13.7. The monoisotopic (exact) mass is 470 g/mol. The van der Waals surface area contributed by atoms with Crippen LogP contribution in [0.5, 0.6) is 0 Å². The molecule has 1 aromatic carbocycles. The van der Waals surface area contributed by atoms with E-state index in [2.05, 4.69) is 11.1 Å². The van der Waals surface area contributed by atoms with Gasteiger partial charge in [0, 0.05) is 35.1 Å². The Labute approximate surface area is 194 Å². The van der Waals surface area contributed by atoms with E-state index in [0.29, 0.717) is 29.8 Å². The van der Waals surface area contributed by atoms with Crippen molar-refractivity contribution in [1.29, 1.82) is 0 Å². The number of hydrogen-bond donors (Lipinski definition) is 2. The first-order chi connectivity index (χ1) is 15.1. The molecule has 0 fully saturated rings. The van der Waals surface area contributed by atoms with Crippen molar-refractivity contribution in [2.45, 2.75) is 39.0 Å². The van der Waals surface area contributed by atoms with Gasteiger partial charge in [-0.25, -0.2) is 4.98 Å². The summed E-state index contributed by atoms with van der Waals surface area (Å²) in [4.78, 5) is 19.1. The average molecular weight is 471 g/mol. The number of hydrogen-bond acceptors (Lipinski definition) is 6. The number of rotatable bonds is 9. The highest BCUT2D eigenvalue weighted by atomic mass is 32.1. The van der Waals surface area contributed by atoms with Crippen LogP contribution in [0.1, 0.15) is 38.1 Å². The highest BCUT2D eigenvalue weighted by Crippen LogP contribution is 2.55. The average Bonchev–Trinajstić information content (AvgIpc) is 3.29. The molecule has 0 aliphatic carbocycles. The molecule has 4 N–H and O–H groups in total. The first-order valence-electron chi connectivity index (χ1n) is 10.7. The molecule has 0 saturated carbocycles. The zero-order valence-electron chi connectivity index (χ0n) is 19.0. The second kappa shape index (κ2) is 9.88. The highest BCUT2D eigenvalue weighted by Gasteiger charge is 2.31. The third-order valence-corrected chi connectivity index (χ3v) is 11.2. The maximum atomic E-state index is 13.7. The lowest BCUT2D eigenvalue weighted by Crippen LogP contribution is -2.26. The van der Waals surface area contributed by atoms with Gasteiger partial charge in [0.1, 0.15) is 5.82 Å². The third-order valence-electron chi connectivity index (χ3n) is 5.86. The van der Waals surface area contributed by atoms with E-state index in [9.17, 15) is 9.36 Å². The summed E-state index contributed by atoms with van der Waals surface area (Å²) >= 11 is 1.66. The number of nitrogens with zero attached hydrogens (tertiary/aromatic N) is 2. The fourth-order valence-corrected chi connectivity index (χ4v) is 7.25. The first-order valence-corrected chi connectivity index (χ1v) is 13.6. The van der Waals surface area contributed by atoms with Crippen LogP contribution in [0.25, 0.3) is 10.4 Å². The molecule has 3 rings (SSSR count). The Bertz CT molecular complexity index is 1100. The van der Waals surface area contributed by atoms with E-state index in [1.165, 1.54) is 6.20 Å². The maximum Gasteiger partial charge on any atom is 0.250 e. The lowest BCUT2D eigenvalue weighted by atomic mass is 10.1. The third kappa shape index (κ3) is 5.05. The van der Waals surface area contributed by atoms with Gasteiger partial charge < -0.3 is 20.9 Å². The smallest absolute Gasteiger partial charge is 0.250 e. The van der Waals surface area contributed by atoms with Gasteiger partial charge in [0.2, 0.25) is 5.91 Å². The summed E-state index contributed by atoms with van der Waals surface area (Å²) in [5.74, 6) is 0.100. The van der Waals surface area contributed by atoms with Crippen LogP contribution in [0.2, 0.25) is 0 Å². The van der Waals surface area contributed by atoms with Crippen LogP contribution >= 0.6 is 18.5 Å². The van der Waals surface area contributed by atoms with Crippen molar-refractivity contribution in [3.63, 3.8) is 0 Å². The van der Waals surface area contributed by atoms with E-state index in [1.54, 1.807) is 23.5 Å². The standard InChI is InChI=1S/C24H31N4O2PS/c1-16(2)31(30,17(3)4)12-11-28(23-10-8-19(15-27-23)24(26)29)21-14-18(7-9-20(21)25)22-6-5-13-32-22/h5-10,13-17H,11-12,25H2,1-4H3,(H2,26,29). The topological polar surface area (TPSA) is 102 Å². The molecule has 0 unspecified atom stereocenters. The molecule has 32 heavy (non-hydrogen) atoms. The first kappa shape index (κ1) is 24.0. The molecular weight excluding hydrogens is 439 g/mol. The predicted molar refractivity (Wildman–Crippen MR) is 137 cm³/mol. The van der Waals surface area contributed by atoms with Crippen LogP contribution in [0.3, 0.4) is 0 Å². The Morgan fingerprint density at radius 2 is 1.84 bits per heavy atom. The minimum atomic E-state index is -2.44. The Hall–Kier alpha value is -2.63. The van der Waals surface area contributed by atoms with E-state index in [4.69, 9.17) is 11.5 Å². The van der Waals surface area contributed by atoms with Crippen molar-refractivity contribution < 1.29 is 9.36 Å². The summed E-state index contributed by atoms with van der Waals surface area (Å²) in [6, 6.07) is 13.4. The number of pyridine rings is 1. The number of anilines is 3. The van der Waals surface area contributed by atoms with Crippen LogP contribution in [0, 0.1) is 0 Å². The molecule has 6 nitrogen and oxygen atoms in total. The van der Waals surface area contributed by atoms with Crippen molar-refractivity contribution in [2.75, 3.05) is 23.3 Å². The molecule has 170 valence electrons. The van der Waals surface area contributed by atoms with Crippen LogP contribution in [-0.4, -0.2) is 34.9 Å². The Morgan fingerprint density at radius 3 is 2.38 bits per heavy atom. The van der Waals surface area contributed by atoms with Crippen molar-refractivity contribution in [3.05, 3.63) is 59.6 Å². The van der Waals surface area contributed by atoms with Gasteiger partial charge >= 0.3 is 0 Å². The fourth-order valence-electron chi connectivity index (χ4n) is 3.79. The molecule has 0 bridgehead atoms. The van der Waals surface area contributed by atoms with Crippen LogP contribution in [0.4, 0.5) is 17.2 Å². The molecule has 3 aromatic rings. The Morgan fingerprint density at radius 1 is 1.12 bits per heavy atom. The Kier molecular flexibility index (Phi) is 7.42. The highest BCUT2D eigenvalue weighted by molar-refractivity contribution is 7.65. The van der Waals surface area contributed by atoms with Crippen LogP contribution < -0.4 is 16.4 Å². The van der Waals surface area contributed by atoms with Crippen LogP contribution in [0.15, 0.2) is 54.0 Å². The molecular formula is C24H31N4O2PS. The van der Waals surface area contributed by atoms with Gasteiger partial charge in [0.25, 0.3) is 0 Å². The zero-order chi connectivity index (χ0) is 23.5. The molecule has 0 atom stereocenters. The molecule has 0 radical (unpaired) electrons. The number of nitrogens with two attached hydrogens (primary N) is 2. The normalized spacial score (nSPS) is 11.8. The minimum absolute atomic E-state index is 0.0874. The van der Waals surface area contributed by atoms with E-state index in [1.807, 2.05) is 62.2 Å². The molecule has 0 saturated heterocycles. The number of carbonyl (C=O) groups is 1. The van der Waals surface area contributed by atoms with Crippen molar-refractivity contribution in [3.8, 4) is 10.4 Å².